The van der Waals surface area contributed by atoms with Crippen molar-refractivity contribution in [1.29, 1.82) is 0 Å². The minimum Gasteiger partial charge on any atom is -0.497 e. The Labute approximate surface area is 197 Å². The number of carbonyl (C=O) groups excluding carboxylic acids is 1. The van der Waals surface area contributed by atoms with E-state index in [0.717, 1.165) is 27.7 Å². The summed E-state index contributed by atoms with van der Waals surface area (Å²) < 4.78 is 12.7. The Morgan fingerprint density at radius 1 is 1.03 bits per heavy atom. The molecule has 0 bridgehead atoms. The van der Waals surface area contributed by atoms with Crippen molar-refractivity contribution in [3.05, 3.63) is 94.1 Å². The summed E-state index contributed by atoms with van der Waals surface area (Å²) in [5, 5.41) is 6.00. The monoisotopic (exact) mass is 461 g/mol. The van der Waals surface area contributed by atoms with Crippen LogP contribution in [0.4, 0.5) is 0 Å². The number of halogens is 1. The molecular weight excluding hydrogens is 438 g/mol. The maximum Gasteiger partial charge on any atom is 0.271 e. The van der Waals surface area contributed by atoms with Crippen molar-refractivity contribution in [3.63, 3.8) is 0 Å². The van der Waals surface area contributed by atoms with Gasteiger partial charge in [0.05, 0.1) is 20.4 Å². The lowest BCUT2D eigenvalue weighted by atomic mass is 10.1. The zero-order valence-electron chi connectivity index (χ0n) is 18.6. The van der Waals surface area contributed by atoms with Crippen LogP contribution in [-0.4, -0.2) is 30.9 Å². The normalized spacial score (nSPS) is 11.2. The Hall–Kier alpha value is -3.77. The van der Waals surface area contributed by atoms with Crippen molar-refractivity contribution >= 4 is 34.6 Å². The van der Waals surface area contributed by atoms with Gasteiger partial charge in [-0.25, -0.2) is 5.43 Å². The highest BCUT2D eigenvalue weighted by Crippen LogP contribution is 2.26. The third-order valence-electron chi connectivity index (χ3n) is 5.48. The lowest BCUT2D eigenvalue weighted by molar-refractivity contribution is 0.0954. The zero-order valence-corrected chi connectivity index (χ0v) is 19.4. The van der Waals surface area contributed by atoms with Gasteiger partial charge >= 0.3 is 0 Å². The number of nitrogens with zero attached hydrogens (tertiary/aromatic N) is 2. The Balaban J connectivity index is 1.61. The van der Waals surface area contributed by atoms with E-state index in [-0.39, 0.29) is 5.91 Å². The van der Waals surface area contributed by atoms with Gasteiger partial charge in [-0.3, -0.25) is 4.79 Å². The molecule has 168 valence electrons. The minimum absolute atomic E-state index is 0.358. The summed E-state index contributed by atoms with van der Waals surface area (Å²) in [5.74, 6) is 0.704. The van der Waals surface area contributed by atoms with E-state index in [4.69, 9.17) is 21.1 Å². The van der Waals surface area contributed by atoms with Gasteiger partial charge in [0.15, 0.2) is 0 Å². The number of benzene rings is 3. The van der Waals surface area contributed by atoms with Crippen molar-refractivity contribution in [2.45, 2.75) is 13.5 Å². The lowest BCUT2D eigenvalue weighted by Crippen LogP contribution is -2.17. The number of aromatic nitrogens is 1. The summed E-state index contributed by atoms with van der Waals surface area (Å²) >= 11 is 6.17. The Kier molecular flexibility index (Phi) is 6.66. The smallest absolute Gasteiger partial charge is 0.271 e. The standard InChI is InChI=1S/C26H24ClN3O3/c1-17-24(15-28-29-26(31)19-12-21(32-2)14-22(13-19)33-3)23-9-4-5-10-25(23)30(17)16-18-7-6-8-20(27)11-18/h4-15H,16H2,1-3H3,(H,29,31)/b28-15-. The van der Waals surface area contributed by atoms with Crippen LogP contribution >= 0.6 is 11.6 Å². The van der Waals surface area contributed by atoms with E-state index in [0.29, 0.717) is 28.6 Å². The summed E-state index contributed by atoms with van der Waals surface area (Å²) in [7, 11) is 3.08. The van der Waals surface area contributed by atoms with Gasteiger partial charge in [-0.05, 0) is 42.8 Å². The molecule has 1 heterocycles. The van der Waals surface area contributed by atoms with Crippen LogP contribution in [-0.2, 0) is 6.54 Å². The van der Waals surface area contributed by atoms with Crippen LogP contribution in [0.15, 0.2) is 71.8 Å². The van der Waals surface area contributed by atoms with Crippen LogP contribution in [0.5, 0.6) is 11.5 Å². The van der Waals surface area contributed by atoms with Gasteiger partial charge in [0.1, 0.15) is 11.5 Å². The fraction of sp³-hybridized carbons (Fsp3) is 0.154. The molecule has 3 aromatic carbocycles. The van der Waals surface area contributed by atoms with E-state index in [1.165, 1.54) is 14.2 Å². The number of methoxy groups -OCH3 is 2. The van der Waals surface area contributed by atoms with Crippen LogP contribution in [0.1, 0.15) is 27.2 Å². The van der Waals surface area contributed by atoms with E-state index in [1.807, 2.05) is 43.3 Å². The zero-order chi connectivity index (χ0) is 23.4. The summed E-state index contributed by atoms with van der Waals surface area (Å²) in [5.41, 5.74) is 7.16. The number of hydrogen-bond acceptors (Lipinski definition) is 4. The maximum absolute atomic E-state index is 12.6. The predicted octanol–water partition coefficient (Wildman–Crippen LogP) is 5.43. The first kappa shape index (κ1) is 22.4. The predicted molar refractivity (Wildman–Crippen MR) is 132 cm³/mol. The van der Waals surface area contributed by atoms with Crippen molar-refractivity contribution in [2.75, 3.05) is 14.2 Å². The summed E-state index contributed by atoms with van der Waals surface area (Å²) in [6, 6.07) is 20.9. The van der Waals surface area contributed by atoms with Crippen LogP contribution in [0.2, 0.25) is 5.02 Å². The Morgan fingerprint density at radius 2 is 1.76 bits per heavy atom. The largest absolute Gasteiger partial charge is 0.497 e. The highest BCUT2D eigenvalue weighted by Gasteiger charge is 2.14. The van der Waals surface area contributed by atoms with Crippen molar-refractivity contribution in [3.8, 4) is 11.5 Å². The van der Waals surface area contributed by atoms with E-state index in [1.54, 1.807) is 24.4 Å². The number of rotatable bonds is 7. The second-order valence-corrected chi connectivity index (χ2v) is 7.97. The molecule has 0 saturated carbocycles. The van der Waals surface area contributed by atoms with Gasteiger partial charge < -0.3 is 14.0 Å². The molecule has 0 atom stereocenters. The number of fused-ring (bicyclic) bond motifs is 1. The Morgan fingerprint density at radius 3 is 2.45 bits per heavy atom. The number of hydrogen-bond donors (Lipinski definition) is 1. The van der Waals surface area contributed by atoms with Gasteiger partial charge in [-0.1, -0.05) is 41.9 Å². The average Bonchev–Trinajstić information content (AvgIpc) is 3.09. The number of para-hydroxylation sites is 1. The number of amides is 1. The quantitative estimate of drug-likeness (QED) is 0.294. The highest BCUT2D eigenvalue weighted by atomic mass is 35.5. The van der Waals surface area contributed by atoms with Gasteiger partial charge in [-0.2, -0.15) is 5.10 Å². The topological polar surface area (TPSA) is 64.8 Å². The van der Waals surface area contributed by atoms with Crippen molar-refractivity contribution in [2.24, 2.45) is 5.10 Å². The second-order valence-electron chi connectivity index (χ2n) is 7.53. The third-order valence-corrected chi connectivity index (χ3v) is 5.72. The number of carbonyl (C=O) groups is 1. The van der Waals surface area contributed by atoms with Crippen LogP contribution in [0.25, 0.3) is 10.9 Å². The molecule has 0 spiro atoms. The first-order chi connectivity index (χ1) is 16.0. The molecular formula is C26H24ClN3O3. The molecule has 33 heavy (non-hydrogen) atoms. The molecule has 0 saturated heterocycles. The van der Waals surface area contributed by atoms with Gasteiger partial charge in [-0.15, -0.1) is 0 Å². The van der Waals surface area contributed by atoms with E-state index < -0.39 is 0 Å². The van der Waals surface area contributed by atoms with Crippen LogP contribution in [0, 0.1) is 6.92 Å². The summed E-state index contributed by atoms with van der Waals surface area (Å²) in [6.45, 7) is 2.72. The van der Waals surface area contributed by atoms with E-state index >= 15 is 0 Å². The molecule has 0 aliphatic rings. The fourth-order valence-electron chi connectivity index (χ4n) is 3.80. The molecule has 0 radical (unpaired) electrons. The molecule has 4 aromatic rings. The maximum atomic E-state index is 12.6. The summed E-state index contributed by atoms with van der Waals surface area (Å²) in [4.78, 5) is 12.6. The molecule has 0 aliphatic heterocycles. The van der Waals surface area contributed by atoms with E-state index in [9.17, 15) is 4.79 Å². The third kappa shape index (κ3) is 4.86. The van der Waals surface area contributed by atoms with E-state index in [2.05, 4.69) is 27.2 Å². The van der Waals surface area contributed by atoms with Crippen molar-refractivity contribution < 1.29 is 14.3 Å². The lowest BCUT2D eigenvalue weighted by Gasteiger charge is -2.09. The molecule has 7 heteroatoms. The Bertz CT molecular complexity index is 1320. The highest BCUT2D eigenvalue weighted by molar-refractivity contribution is 6.30. The summed E-state index contributed by atoms with van der Waals surface area (Å²) in [6.07, 6.45) is 1.68. The molecule has 1 amide bonds. The second kappa shape index (κ2) is 9.79. The van der Waals surface area contributed by atoms with Crippen LogP contribution in [0.3, 0.4) is 0 Å². The number of nitrogens with one attached hydrogen (secondary N) is 1. The number of hydrazone groups is 1. The minimum atomic E-state index is -0.358. The molecule has 4 rings (SSSR count). The van der Waals surface area contributed by atoms with Gasteiger partial charge in [0, 0.05) is 45.4 Å². The van der Waals surface area contributed by atoms with Gasteiger partial charge in [0.25, 0.3) is 5.91 Å². The first-order valence-corrected chi connectivity index (χ1v) is 10.8. The fourth-order valence-corrected chi connectivity index (χ4v) is 4.01. The molecule has 6 nitrogen and oxygen atoms in total. The van der Waals surface area contributed by atoms with Crippen molar-refractivity contribution in [1.82, 2.24) is 9.99 Å². The number of ether oxygens (including phenoxy) is 2. The van der Waals surface area contributed by atoms with Crippen LogP contribution < -0.4 is 14.9 Å². The molecule has 0 unspecified atom stereocenters. The molecule has 0 fully saturated rings. The first-order valence-electron chi connectivity index (χ1n) is 10.4. The molecule has 1 N–H and O–H groups in total. The average molecular weight is 462 g/mol. The SMILES string of the molecule is COc1cc(OC)cc(C(=O)N/N=C\c2c(C)n(Cc3cccc(Cl)c3)c3ccccc23)c1. The van der Waals surface area contributed by atoms with Gasteiger partial charge in [0.2, 0.25) is 0 Å². The molecule has 0 aliphatic carbocycles. The molecule has 1 aromatic heterocycles.